The van der Waals surface area contributed by atoms with Gasteiger partial charge in [-0.3, -0.25) is 4.79 Å². The van der Waals surface area contributed by atoms with Gasteiger partial charge in [0.05, 0.1) is 0 Å². The first-order valence-corrected chi connectivity index (χ1v) is 8.25. The lowest BCUT2D eigenvalue weighted by molar-refractivity contribution is -0.136. The number of benzene rings is 1. The number of nitrogens with zero attached hydrogens (tertiary/aromatic N) is 1. The van der Waals surface area contributed by atoms with Crippen LogP contribution in [0.4, 0.5) is 0 Å². The van der Waals surface area contributed by atoms with E-state index in [0.717, 1.165) is 32.4 Å². The van der Waals surface area contributed by atoms with E-state index in [4.69, 9.17) is 0 Å². The average molecular weight is 286 g/mol. The first-order chi connectivity index (χ1) is 10.1. The van der Waals surface area contributed by atoms with Gasteiger partial charge < -0.3 is 10.2 Å². The summed E-state index contributed by atoms with van der Waals surface area (Å²) in [5.41, 5.74) is 2.92. The Kier molecular flexibility index (Phi) is 4.29. The minimum atomic E-state index is 0.308. The summed E-state index contributed by atoms with van der Waals surface area (Å²) in [6.07, 6.45) is 4.06. The predicted octanol–water partition coefficient (Wildman–Crippen LogP) is 2.39. The Morgan fingerprint density at radius 3 is 2.86 bits per heavy atom. The number of aryl methyl sites for hydroxylation is 1. The van der Waals surface area contributed by atoms with Gasteiger partial charge in [0.2, 0.25) is 5.91 Å². The summed E-state index contributed by atoms with van der Waals surface area (Å²) in [6, 6.07) is 9.39. The maximum atomic E-state index is 12.6. The molecule has 1 saturated heterocycles. The third-order valence-corrected chi connectivity index (χ3v) is 5.27. The third-order valence-electron chi connectivity index (χ3n) is 5.27. The summed E-state index contributed by atoms with van der Waals surface area (Å²) in [5.74, 6) is 0.866. The molecular formula is C18H26N2O. The van der Waals surface area contributed by atoms with Crippen LogP contribution < -0.4 is 5.32 Å². The molecule has 1 heterocycles. The summed E-state index contributed by atoms with van der Waals surface area (Å²) < 4.78 is 0. The smallest absolute Gasteiger partial charge is 0.223 e. The normalized spacial score (nSPS) is 29.0. The van der Waals surface area contributed by atoms with Gasteiger partial charge >= 0.3 is 0 Å². The van der Waals surface area contributed by atoms with E-state index in [-0.39, 0.29) is 0 Å². The molecule has 1 fully saturated rings. The van der Waals surface area contributed by atoms with E-state index in [0.29, 0.717) is 30.3 Å². The Morgan fingerprint density at radius 2 is 2.05 bits per heavy atom. The zero-order valence-corrected chi connectivity index (χ0v) is 13.1. The van der Waals surface area contributed by atoms with Crippen molar-refractivity contribution in [2.75, 3.05) is 13.1 Å². The van der Waals surface area contributed by atoms with Gasteiger partial charge in [0.25, 0.3) is 0 Å². The van der Waals surface area contributed by atoms with Gasteiger partial charge in [0, 0.05) is 31.6 Å². The van der Waals surface area contributed by atoms with Crippen molar-refractivity contribution < 1.29 is 4.79 Å². The van der Waals surface area contributed by atoms with E-state index >= 15 is 0 Å². The molecule has 0 spiro atoms. The van der Waals surface area contributed by atoms with Gasteiger partial charge in [0.15, 0.2) is 0 Å². The fourth-order valence-electron chi connectivity index (χ4n) is 3.72. The van der Waals surface area contributed by atoms with E-state index in [1.54, 1.807) is 0 Å². The fraction of sp³-hybridized carbons (Fsp3) is 0.611. The third kappa shape index (κ3) is 3.13. The highest BCUT2D eigenvalue weighted by atomic mass is 16.2. The minimum absolute atomic E-state index is 0.308. The standard InChI is InChI=1S/C18H26N2O/c1-13-14(2)20(10-9-19-13)18(21)12-15-7-8-16-5-3-4-6-17(16)11-15/h3-6,13-15,19H,7-12H2,1-2H3. The van der Waals surface area contributed by atoms with Crippen LogP contribution in [-0.2, 0) is 17.6 Å². The van der Waals surface area contributed by atoms with Crippen LogP contribution in [0.2, 0.25) is 0 Å². The number of carbonyl (C=O) groups is 1. The van der Waals surface area contributed by atoms with Crippen LogP contribution in [-0.4, -0.2) is 36.0 Å². The highest BCUT2D eigenvalue weighted by Crippen LogP contribution is 2.28. The first kappa shape index (κ1) is 14.6. The summed E-state index contributed by atoms with van der Waals surface area (Å²) >= 11 is 0. The van der Waals surface area contributed by atoms with Gasteiger partial charge in [-0.15, -0.1) is 0 Å². The molecule has 1 aliphatic carbocycles. The van der Waals surface area contributed by atoms with Crippen molar-refractivity contribution in [3.8, 4) is 0 Å². The van der Waals surface area contributed by atoms with Crippen LogP contribution in [0.15, 0.2) is 24.3 Å². The average Bonchev–Trinajstić information content (AvgIpc) is 2.50. The molecule has 1 aromatic rings. The van der Waals surface area contributed by atoms with Gasteiger partial charge in [-0.2, -0.15) is 0 Å². The topological polar surface area (TPSA) is 32.3 Å². The summed E-state index contributed by atoms with van der Waals surface area (Å²) in [7, 11) is 0. The van der Waals surface area contributed by atoms with E-state index < -0.39 is 0 Å². The largest absolute Gasteiger partial charge is 0.337 e. The predicted molar refractivity (Wildman–Crippen MR) is 85.2 cm³/mol. The Labute approximate surface area is 127 Å². The van der Waals surface area contributed by atoms with E-state index in [1.165, 1.54) is 11.1 Å². The molecule has 1 N–H and O–H groups in total. The lowest BCUT2D eigenvalue weighted by Crippen LogP contribution is -2.57. The molecule has 3 unspecified atom stereocenters. The molecule has 0 aromatic heterocycles. The van der Waals surface area contributed by atoms with Crippen molar-refractivity contribution in [2.45, 2.75) is 51.6 Å². The van der Waals surface area contributed by atoms with Crippen molar-refractivity contribution >= 4 is 5.91 Å². The van der Waals surface area contributed by atoms with Crippen LogP contribution in [0.25, 0.3) is 0 Å². The van der Waals surface area contributed by atoms with Crippen LogP contribution in [0.1, 0.15) is 37.8 Å². The number of rotatable bonds is 2. The monoisotopic (exact) mass is 286 g/mol. The Balaban J connectivity index is 1.61. The number of fused-ring (bicyclic) bond motifs is 1. The number of carbonyl (C=O) groups excluding carboxylic acids is 1. The molecule has 21 heavy (non-hydrogen) atoms. The van der Waals surface area contributed by atoms with E-state index in [9.17, 15) is 4.79 Å². The Bertz CT molecular complexity index is 514. The van der Waals surface area contributed by atoms with Crippen molar-refractivity contribution in [1.82, 2.24) is 10.2 Å². The summed E-state index contributed by atoms with van der Waals surface area (Å²) in [6.45, 7) is 6.10. The molecule has 3 heteroatoms. The number of nitrogens with one attached hydrogen (secondary N) is 1. The molecule has 0 bridgehead atoms. The maximum absolute atomic E-state index is 12.6. The lowest BCUT2D eigenvalue weighted by atomic mass is 9.82. The number of hydrogen-bond donors (Lipinski definition) is 1. The Morgan fingerprint density at radius 1 is 1.29 bits per heavy atom. The number of piperazine rings is 1. The Hall–Kier alpha value is -1.35. The highest BCUT2D eigenvalue weighted by Gasteiger charge is 2.30. The molecule has 1 aromatic carbocycles. The summed E-state index contributed by atoms with van der Waals surface area (Å²) in [4.78, 5) is 14.7. The molecule has 0 radical (unpaired) electrons. The molecule has 3 rings (SSSR count). The van der Waals surface area contributed by atoms with Crippen LogP contribution in [0, 0.1) is 5.92 Å². The van der Waals surface area contributed by atoms with Crippen LogP contribution in [0.5, 0.6) is 0 Å². The summed E-state index contributed by atoms with van der Waals surface area (Å²) in [5, 5.41) is 3.44. The van der Waals surface area contributed by atoms with Crippen LogP contribution in [0.3, 0.4) is 0 Å². The molecule has 114 valence electrons. The fourth-order valence-corrected chi connectivity index (χ4v) is 3.72. The van der Waals surface area contributed by atoms with Crippen molar-refractivity contribution in [3.63, 3.8) is 0 Å². The molecule has 0 saturated carbocycles. The molecule has 2 aliphatic rings. The van der Waals surface area contributed by atoms with Crippen molar-refractivity contribution in [2.24, 2.45) is 5.92 Å². The quantitative estimate of drug-likeness (QED) is 0.905. The SMILES string of the molecule is CC1NCCN(C(=O)CC2CCc3ccccc3C2)C1C. The molecule has 3 atom stereocenters. The zero-order valence-electron chi connectivity index (χ0n) is 13.1. The highest BCUT2D eigenvalue weighted by molar-refractivity contribution is 5.77. The number of hydrogen-bond acceptors (Lipinski definition) is 2. The van der Waals surface area contributed by atoms with Gasteiger partial charge in [-0.25, -0.2) is 0 Å². The second-order valence-corrected chi connectivity index (χ2v) is 6.65. The second kappa shape index (κ2) is 6.18. The van der Waals surface area contributed by atoms with Gasteiger partial charge in [-0.1, -0.05) is 24.3 Å². The molecule has 3 nitrogen and oxygen atoms in total. The molecule has 1 amide bonds. The maximum Gasteiger partial charge on any atom is 0.223 e. The first-order valence-electron chi connectivity index (χ1n) is 8.25. The lowest BCUT2D eigenvalue weighted by Gasteiger charge is -2.39. The second-order valence-electron chi connectivity index (χ2n) is 6.65. The minimum Gasteiger partial charge on any atom is -0.337 e. The zero-order chi connectivity index (χ0) is 14.8. The van der Waals surface area contributed by atoms with Gasteiger partial charge in [-0.05, 0) is 50.2 Å². The molecule has 1 aliphatic heterocycles. The van der Waals surface area contributed by atoms with Gasteiger partial charge in [0.1, 0.15) is 0 Å². The van der Waals surface area contributed by atoms with Crippen molar-refractivity contribution in [3.05, 3.63) is 35.4 Å². The van der Waals surface area contributed by atoms with E-state index in [2.05, 4.69) is 48.3 Å². The van der Waals surface area contributed by atoms with E-state index in [1.807, 2.05) is 0 Å². The molecular weight excluding hydrogens is 260 g/mol. The van der Waals surface area contributed by atoms with Crippen LogP contribution >= 0.6 is 0 Å². The van der Waals surface area contributed by atoms with Crippen molar-refractivity contribution in [1.29, 1.82) is 0 Å². The number of amides is 1.